The molecule has 0 bridgehead atoms. The molecule has 1 fully saturated rings. The summed E-state index contributed by atoms with van der Waals surface area (Å²) in [6.07, 6.45) is -0.496. The van der Waals surface area contributed by atoms with Crippen LogP contribution in [-0.2, 0) is 4.74 Å². The van der Waals surface area contributed by atoms with Gasteiger partial charge in [0, 0.05) is 25.2 Å². The van der Waals surface area contributed by atoms with Crippen molar-refractivity contribution in [3.8, 4) is 5.75 Å². The van der Waals surface area contributed by atoms with Crippen molar-refractivity contribution in [1.82, 2.24) is 4.90 Å². The third-order valence-electron chi connectivity index (χ3n) is 3.14. The summed E-state index contributed by atoms with van der Waals surface area (Å²) in [6, 6.07) is 7.64. The van der Waals surface area contributed by atoms with Crippen LogP contribution in [0.2, 0.25) is 0 Å². The zero-order chi connectivity index (χ0) is 12.8. The van der Waals surface area contributed by atoms with Gasteiger partial charge in [0.15, 0.2) is 0 Å². The Kier molecular flexibility index (Phi) is 4.99. The first-order valence-corrected chi connectivity index (χ1v) is 6.47. The van der Waals surface area contributed by atoms with E-state index in [2.05, 4.69) is 4.90 Å². The molecule has 0 amide bonds. The van der Waals surface area contributed by atoms with Gasteiger partial charge in [0.2, 0.25) is 0 Å². The lowest BCUT2D eigenvalue weighted by atomic mass is 10.1. The molecule has 2 rings (SSSR count). The zero-order valence-electron chi connectivity index (χ0n) is 10.8. The highest BCUT2D eigenvalue weighted by atomic mass is 16.5. The SMILES string of the molecule is CC(O)c1ccccc1OCCN1CCOCC1. The van der Waals surface area contributed by atoms with E-state index in [0.717, 1.165) is 44.2 Å². The van der Waals surface area contributed by atoms with Gasteiger partial charge in [0.25, 0.3) is 0 Å². The molecule has 1 N–H and O–H groups in total. The molecule has 0 saturated carbocycles. The van der Waals surface area contributed by atoms with Gasteiger partial charge in [0.1, 0.15) is 12.4 Å². The first-order valence-electron chi connectivity index (χ1n) is 6.47. The van der Waals surface area contributed by atoms with Gasteiger partial charge in [-0.1, -0.05) is 18.2 Å². The molecule has 1 unspecified atom stereocenters. The van der Waals surface area contributed by atoms with Gasteiger partial charge in [-0.3, -0.25) is 4.90 Å². The Morgan fingerprint density at radius 2 is 2.06 bits per heavy atom. The average molecular weight is 251 g/mol. The van der Waals surface area contributed by atoms with Crippen LogP contribution in [0.15, 0.2) is 24.3 Å². The Morgan fingerprint density at radius 3 is 2.78 bits per heavy atom. The minimum absolute atomic E-state index is 0.496. The van der Waals surface area contributed by atoms with Crippen LogP contribution < -0.4 is 4.74 Å². The van der Waals surface area contributed by atoms with Gasteiger partial charge >= 0.3 is 0 Å². The fourth-order valence-electron chi connectivity index (χ4n) is 2.07. The highest BCUT2D eigenvalue weighted by Gasteiger charge is 2.11. The normalized spacial score (nSPS) is 18.6. The molecule has 1 aliphatic heterocycles. The van der Waals surface area contributed by atoms with Crippen LogP contribution in [0.5, 0.6) is 5.75 Å². The van der Waals surface area contributed by atoms with Crippen LogP contribution in [0.1, 0.15) is 18.6 Å². The summed E-state index contributed by atoms with van der Waals surface area (Å²) in [7, 11) is 0. The maximum absolute atomic E-state index is 9.65. The fourth-order valence-corrected chi connectivity index (χ4v) is 2.07. The molecule has 1 aromatic rings. The molecular formula is C14H21NO3. The smallest absolute Gasteiger partial charge is 0.125 e. The van der Waals surface area contributed by atoms with E-state index in [1.165, 1.54) is 0 Å². The second-order valence-electron chi connectivity index (χ2n) is 4.52. The van der Waals surface area contributed by atoms with E-state index < -0.39 is 6.10 Å². The summed E-state index contributed by atoms with van der Waals surface area (Å²) in [5, 5.41) is 9.65. The third-order valence-corrected chi connectivity index (χ3v) is 3.14. The summed E-state index contributed by atoms with van der Waals surface area (Å²) in [5.41, 5.74) is 0.847. The zero-order valence-corrected chi connectivity index (χ0v) is 10.8. The molecule has 1 saturated heterocycles. The maximum atomic E-state index is 9.65. The third kappa shape index (κ3) is 3.70. The molecule has 1 heterocycles. The number of rotatable bonds is 5. The molecule has 0 aliphatic carbocycles. The molecule has 4 nitrogen and oxygen atoms in total. The monoisotopic (exact) mass is 251 g/mol. The van der Waals surface area contributed by atoms with Crippen molar-refractivity contribution >= 4 is 0 Å². The maximum Gasteiger partial charge on any atom is 0.125 e. The lowest BCUT2D eigenvalue weighted by Gasteiger charge is -2.26. The summed E-state index contributed by atoms with van der Waals surface area (Å²) >= 11 is 0. The van der Waals surface area contributed by atoms with E-state index in [1.807, 2.05) is 24.3 Å². The van der Waals surface area contributed by atoms with Gasteiger partial charge < -0.3 is 14.6 Å². The first kappa shape index (κ1) is 13.3. The van der Waals surface area contributed by atoms with E-state index in [4.69, 9.17) is 9.47 Å². The summed E-state index contributed by atoms with van der Waals surface area (Å²) < 4.78 is 11.1. The topological polar surface area (TPSA) is 41.9 Å². The van der Waals surface area contributed by atoms with Gasteiger partial charge in [-0.25, -0.2) is 0 Å². The lowest BCUT2D eigenvalue weighted by molar-refractivity contribution is 0.0320. The van der Waals surface area contributed by atoms with Crippen molar-refractivity contribution in [2.24, 2.45) is 0 Å². The standard InChI is InChI=1S/C14H21NO3/c1-12(16)13-4-2-3-5-14(13)18-11-8-15-6-9-17-10-7-15/h2-5,12,16H,6-11H2,1H3. The molecule has 100 valence electrons. The quantitative estimate of drug-likeness (QED) is 0.860. The minimum atomic E-state index is -0.496. The number of aliphatic hydroxyl groups is 1. The Balaban J connectivity index is 1.82. The summed E-state index contributed by atoms with van der Waals surface area (Å²) in [5.74, 6) is 0.778. The van der Waals surface area contributed by atoms with Crippen LogP contribution in [-0.4, -0.2) is 49.5 Å². The molecular weight excluding hydrogens is 230 g/mol. The Bertz CT molecular complexity index is 362. The minimum Gasteiger partial charge on any atom is -0.492 e. The number of aliphatic hydroxyl groups excluding tert-OH is 1. The molecule has 0 aromatic heterocycles. The Hall–Kier alpha value is -1.10. The van der Waals surface area contributed by atoms with E-state index >= 15 is 0 Å². The van der Waals surface area contributed by atoms with Crippen LogP contribution in [0, 0.1) is 0 Å². The largest absolute Gasteiger partial charge is 0.492 e. The van der Waals surface area contributed by atoms with Crippen LogP contribution >= 0.6 is 0 Å². The number of nitrogens with zero attached hydrogens (tertiary/aromatic N) is 1. The highest BCUT2D eigenvalue weighted by Crippen LogP contribution is 2.24. The van der Waals surface area contributed by atoms with Gasteiger partial charge in [-0.05, 0) is 13.0 Å². The van der Waals surface area contributed by atoms with Gasteiger partial charge in [-0.15, -0.1) is 0 Å². The lowest BCUT2D eigenvalue weighted by Crippen LogP contribution is -2.38. The van der Waals surface area contributed by atoms with Crippen LogP contribution in [0.3, 0.4) is 0 Å². The van der Waals surface area contributed by atoms with E-state index in [1.54, 1.807) is 6.92 Å². The van der Waals surface area contributed by atoms with E-state index in [-0.39, 0.29) is 0 Å². The van der Waals surface area contributed by atoms with Crippen molar-refractivity contribution in [2.45, 2.75) is 13.0 Å². The van der Waals surface area contributed by atoms with Crippen molar-refractivity contribution in [2.75, 3.05) is 39.5 Å². The summed E-state index contributed by atoms with van der Waals surface area (Å²) in [4.78, 5) is 2.33. The molecule has 4 heteroatoms. The fraction of sp³-hybridized carbons (Fsp3) is 0.571. The molecule has 0 spiro atoms. The predicted molar refractivity (Wildman–Crippen MR) is 69.8 cm³/mol. The second-order valence-corrected chi connectivity index (χ2v) is 4.52. The first-order chi connectivity index (χ1) is 8.77. The van der Waals surface area contributed by atoms with Crippen LogP contribution in [0.4, 0.5) is 0 Å². The van der Waals surface area contributed by atoms with Gasteiger partial charge in [-0.2, -0.15) is 0 Å². The molecule has 0 radical (unpaired) electrons. The Labute approximate surface area is 108 Å². The van der Waals surface area contributed by atoms with Crippen molar-refractivity contribution in [3.05, 3.63) is 29.8 Å². The highest BCUT2D eigenvalue weighted by molar-refractivity contribution is 5.34. The number of morpholine rings is 1. The molecule has 1 atom stereocenters. The number of para-hydroxylation sites is 1. The number of ether oxygens (including phenoxy) is 2. The van der Waals surface area contributed by atoms with Crippen molar-refractivity contribution < 1.29 is 14.6 Å². The van der Waals surface area contributed by atoms with Gasteiger partial charge in [0.05, 0.1) is 19.3 Å². The number of benzene rings is 1. The molecule has 1 aliphatic rings. The summed E-state index contributed by atoms with van der Waals surface area (Å²) in [6.45, 7) is 6.86. The van der Waals surface area contributed by atoms with Crippen LogP contribution in [0.25, 0.3) is 0 Å². The Morgan fingerprint density at radius 1 is 1.33 bits per heavy atom. The van der Waals surface area contributed by atoms with Crippen molar-refractivity contribution in [3.63, 3.8) is 0 Å². The van der Waals surface area contributed by atoms with E-state index in [0.29, 0.717) is 6.61 Å². The number of hydrogen-bond acceptors (Lipinski definition) is 4. The molecule has 18 heavy (non-hydrogen) atoms. The van der Waals surface area contributed by atoms with E-state index in [9.17, 15) is 5.11 Å². The number of hydrogen-bond donors (Lipinski definition) is 1. The average Bonchev–Trinajstić information content (AvgIpc) is 2.40. The second kappa shape index (κ2) is 6.73. The van der Waals surface area contributed by atoms with Crippen molar-refractivity contribution in [1.29, 1.82) is 0 Å². The molecule has 1 aromatic carbocycles. The predicted octanol–water partition coefficient (Wildman–Crippen LogP) is 1.45.